The van der Waals surface area contributed by atoms with E-state index < -0.39 is 43.2 Å². The van der Waals surface area contributed by atoms with E-state index in [1.807, 2.05) is 0 Å². The molecule has 7 N–H and O–H groups in total. The Bertz CT molecular complexity index is 1060. The van der Waals surface area contributed by atoms with Crippen molar-refractivity contribution in [1.29, 1.82) is 0 Å². The van der Waals surface area contributed by atoms with Crippen LogP contribution < -0.4 is 9.47 Å². The summed E-state index contributed by atoms with van der Waals surface area (Å²) in [6, 6.07) is 8.10. The van der Waals surface area contributed by atoms with Crippen LogP contribution >= 0.6 is 0 Å². The van der Waals surface area contributed by atoms with Gasteiger partial charge in [-0.2, -0.15) is 0 Å². The van der Waals surface area contributed by atoms with Crippen molar-refractivity contribution in [1.82, 2.24) is 0 Å². The Hall–Kier alpha value is -2.90. The smallest absolute Gasteiger partial charge is 0.186 e. The molecule has 6 atom stereocenters. The summed E-state index contributed by atoms with van der Waals surface area (Å²) in [5.41, 5.74) is 1.79. The van der Waals surface area contributed by atoms with Crippen LogP contribution in [-0.2, 0) is 15.9 Å². The Kier molecular flexibility index (Phi) is 10.1. The van der Waals surface area contributed by atoms with Gasteiger partial charge in [0.1, 0.15) is 24.4 Å². The Labute approximate surface area is 214 Å². The van der Waals surface area contributed by atoms with Gasteiger partial charge in [-0.3, -0.25) is 0 Å². The number of phenols is 2. The van der Waals surface area contributed by atoms with E-state index in [1.165, 1.54) is 26.4 Å². The molecule has 204 valence electrons. The lowest BCUT2D eigenvalue weighted by Crippen LogP contribution is -2.59. The topological polar surface area (TPSA) is 179 Å². The van der Waals surface area contributed by atoms with Gasteiger partial charge in [0, 0.05) is 11.5 Å². The maximum absolute atomic E-state index is 11.0. The van der Waals surface area contributed by atoms with E-state index in [0.717, 1.165) is 5.56 Å². The molecule has 1 fully saturated rings. The molecular formula is C26H34O11. The van der Waals surface area contributed by atoms with Crippen molar-refractivity contribution in [2.45, 2.75) is 43.0 Å². The largest absolute Gasteiger partial charge is 0.504 e. The van der Waals surface area contributed by atoms with E-state index >= 15 is 0 Å². The van der Waals surface area contributed by atoms with E-state index in [0.29, 0.717) is 11.1 Å². The monoisotopic (exact) mass is 522 g/mol. The molecule has 1 aliphatic heterocycles. The fraction of sp³-hybridized carbons (Fsp3) is 0.462. The minimum absolute atomic E-state index is 0.0407. The van der Waals surface area contributed by atoms with E-state index in [4.69, 9.17) is 18.9 Å². The summed E-state index contributed by atoms with van der Waals surface area (Å²) in [6.07, 6.45) is -3.76. The normalized spacial score (nSPS) is 24.8. The molecule has 1 heterocycles. The number of aliphatic hydroxyl groups is 5. The molecule has 0 saturated carbocycles. The van der Waals surface area contributed by atoms with Crippen molar-refractivity contribution < 1.29 is 54.7 Å². The lowest BCUT2D eigenvalue weighted by molar-refractivity contribution is -0.301. The number of phenolic OH excluding ortho intramolecular Hbond substituents is 2. The standard InChI is InChI=1S/C26H34O11/c1-34-19-10-15(5-6-18(19)29)8-16(13-36-26-25(33)24(32)23(31)21(12-28)37-26)17-9-14(4-3-7-27)11-20(35-2)22(17)30/h3-6,9-11,16,21,23-33H,7-8,12-13H2,1-2H3/t16-,21-,23+,24+,25+,26-/m0/s1. The first-order valence-electron chi connectivity index (χ1n) is 11.7. The van der Waals surface area contributed by atoms with Crippen LogP contribution in [0, 0.1) is 0 Å². The van der Waals surface area contributed by atoms with Crippen molar-refractivity contribution in [3.05, 3.63) is 53.1 Å². The van der Waals surface area contributed by atoms with Crippen molar-refractivity contribution >= 4 is 6.08 Å². The molecule has 11 heteroatoms. The number of methoxy groups -OCH3 is 2. The predicted octanol–water partition coefficient (Wildman–Crippen LogP) is 0.263. The van der Waals surface area contributed by atoms with Gasteiger partial charge in [0.15, 0.2) is 29.3 Å². The van der Waals surface area contributed by atoms with Crippen LogP contribution in [-0.4, -0.2) is 100 Å². The van der Waals surface area contributed by atoms with Gasteiger partial charge in [-0.15, -0.1) is 0 Å². The fourth-order valence-electron chi connectivity index (χ4n) is 4.21. The van der Waals surface area contributed by atoms with Crippen LogP contribution in [0.4, 0.5) is 0 Å². The molecule has 37 heavy (non-hydrogen) atoms. The molecule has 0 radical (unpaired) electrons. The van der Waals surface area contributed by atoms with Crippen molar-refractivity contribution in [2.24, 2.45) is 0 Å². The summed E-state index contributed by atoms with van der Waals surface area (Å²) in [5.74, 6) is -0.306. The molecule has 0 unspecified atom stereocenters. The van der Waals surface area contributed by atoms with Gasteiger partial charge in [0.05, 0.1) is 34.0 Å². The molecule has 2 aromatic carbocycles. The molecule has 1 aliphatic rings. The van der Waals surface area contributed by atoms with E-state index in [9.17, 15) is 35.7 Å². The number of aliphatic hydroxyl groups excluding tert-OH is 5. The van der Waals surface area contributed by atoms with E-state index in [2.05, 4.69) is 0 Å². The van der Waals surface area contributed by atoms with Crippen LogP contribution in [0.25, 0.3) is 6.08 Å². The highest BCUT2D eigenvalue weighted by Gasteiger charge is 2.44. The highest BCUT2D eigenvalue weighted by Crippen LogP contribution is 2.39. The molecule has 0 amide bonds. The summed E-state index contributed by atoms with van der Waals surface area (Å²) in [5, 5.41) is 70.1. The van der Waals surface area contributed by atoms with Gasteiger partial charge in [-0.05, 0) is 41.8 Å². The Morgan fingerprint density at radius 1 is 0.946 bits per heavy atom. The summed E-state index contributed by atoms with van der Waals surface area (Å²) in [6.45, 7) is -0.913. The molecule has 0 spiro atoms. The zero-order valence-electron chi connectivity index (χ0n) is 20.6. The predicted molar refractivity (Wildman–Crippen MR) is 132 cm³/mol. The van der Waals surface area contributed by atoms with Crippen molar-refractivity contribution in [3.63, 3.8) is 0 Å². The molecule has 0 bridgehead atoms. The SMILES string of the molecule is COc1cc(C[C@@H](CO[C@H]2O[C@@H](CO)[C@@H](O)[C@@H](O)[C@H]2O)c2cc(C=CCO)cc(OC)c2O)ccc1O. The second-order valence-electron chi connectivity index (χ2n) is 8.68. The zero-order chi connectivity index (χ0) is 27.1. The lowest BCUT2D eigenvalue weighted by Gasteiger charge is -2.40. The Morgan fingerprint density at radius 2 is 1.68 bits per heavy atom. The third-order valence-electron chi connectivity index (χ3n) is 6.24. The second kappa shape index (κ2) is 13.1. The summed E-state index contributed by atoms with van der Waals surface area (Å²) in [4.78, 5) is 0. The first-order chi connectivity index (χ1) is 17.7. The third-order valence-corrected chi connectivity index (χ3v) is 6.24. The van der Waals surface area contributed by atoms with Crippen LogP contribution in [0.2, 0.25) is 0 Å². The molecule has 0 aromatic heterocycles. The first-order valence-corrected chi connectivity index (χ1v) is 11.7. The Balaban J connectivity index is 1.97. The number of ether oxygens (including phenoxy) is 4. The van der Waals surface area contributed by atoms with E-state index in [1.54, 1.807) is 30.3 Å². The highest BCUT2D eigenvalue weighted by atomic mass is 16.7. The Morgan fingerprint density at radius 3 is 2.32 bits per heavy atom. The molecule has 1 saturated heterocycles. The van der Waals surface area contributed by atoms with Crippen LogP contribution in [0.15, 0.2) is 36.4 Å². The van der Waals surface area contributed by atoms with E-state index in [-0.39, 0.29) is 42.6 Å². The maximum Gasteiger partial charge on any atom is 0.186 e. The average molecular weight is 523 g/mol. The third kappa shape index (κ3) is 6.70. The molecule has 2 aromatic rings. The van der Waals surface area contributed by atoms with Gasteiger partial charge in [-0.25, -0.2) is 0 Å². The van der Waals surface area contributed by atoms with Crippen LogP contribution in [0.3, 0.4) is 0 Å². The number of aromatic hydroxyl groups is 2. The first kappa shape index (κ1) is 28.7. The molecule has 0 aliphatic carbocycles. The van der Waals surface area contributed by atoms with Crippen molar-refractivity contribution in [3.8, 4) is 23.0 Å². The van der Waals surface area contributed by atoms with Crippen molar-refractivity contribution in [2.75, 3.05) is 34.0 Å². The van der Waals surface area contributed by atoms with Crippen LogP contribution in [0.5, 0.6) is 23.0 Å². The van der Waals surface area contributed by atoms with Gasteiger partial charge >= 0.3 is 0 Å². The quantitative estimate of drug-likeness (QED) is 0.215. The molecule has 3 rings (SSSR count). The minimum Gasteiger partial charge on any atom is -0.504 e. The summed E-state index contributed by atoms with van der Waals surface area (Å²) >= 11 is 0. The summed E-state index contributed by atoms with van der Waals surface area (Å²) < 4.78 is 21.8. The maximum atomic E-state index is 11.0. The van der Waals surface area contributed by atoms with Gasteiger partial charge in [-0.1, -0.05) is 18.2 Å². The van der Waals surface area contributed by atoms with Crippen LogP contribution in [0.1, 0.15) is 22.6 Å². The van der Waals surface area contributed by atoms with Gasteiger partial charge in [0.2, 0.25) is 0 Å². The molecular weight excluding hydrogens is 488 g/mol. The van der Waals surface area contributed by atoms with Gasteiger partial charge in [0.25, 0.3) is 0 Å². The average Bonchev–Trinajstić information content (AvgIpc) is 2.90. The zero-order valence-corrected chi connectivity index (χ0v) is 20.6. The number of rotatable bonds is 11. The second-order valence-corrected chi connectivity index (χ2v) is 8.68. The number of hydrogen-bond donors (Lipinski definition) is 7. The fourth-order valence-corrected chi connectivity index (χ4v) is 4.21. The minimum atomic E-state index is -1.60. The molecule has 11 nitrogen and oxygen atoms in total. The number of benzene rings is 2. The number of hydrogen-bond acceptors (Lipinski definition) is 11. The summed E-state index contributed by atoms with van der Waals surface area (Å²) in [7, 11) is 2.83. The lowest BCUT2D eigenvalue weighted by atomic mass is 9.90. The highest BCUT2D eigenvalue weighted by molar-refractivity contribution is 5.60. The van der Waals surface area contributed by atoms with Gasteiger partial charge < -0.3 is 54.7 Å².